The standard InChI is InChI=1S/C9H11F3N2/c1-14-8(9(10,11)12)6-2-4-7(13)5-3-6/h2-5,8,14H,13H2,1H3. The van der Waals surface area contributed by atoms with Crippen molar-refractivity contribution in [2.45, 2.75) is 12.2 Å². The van der Waals surface area contributed by atoms with E-state index < -0.39 is 12.2 Å². The minimum Gasteiger partial charge on any atom is -0.399 e. The second-order valence-corrected chi connectivity index (χ2v) is 2.93. The van der Waals surface area contributed by atoms with Crippen LogP contribution in [0.2, 0.25) is 0 Å². The van der Waals surface area contributed by atoms with E-state index in [4.69, 9.17) is 5.73 Å². The summed E-state index contributed by atoms with van der Waals surface area (Å²) in [5.74, 6) is 0. The van der Waals surface area contributed by atoms with Gasteiger partial charge in [0.15, 0.2) is 0 Å². The Morgan fingerprint density at radius 3 is 2.07 bits per heavy atom. The van der Waals surface area contributed by atoms with Gasteiger partial charge in [-0.25, -0.2) is 0 Å². The lowest BCUT2D eigenvalue weighted by Gasteiger charge is -2.19. The molecule has 1 aromatic rings. The summed E-state index contributed by atoms with van der Waals surface area (Å²) in [7, 11) is 1.27. The SMILES string of the molecule is CNC(c1ccc(N)cc1)C(F)(F)F. The highest BCUT2D eigenvalue weighted by Crippen LogP contribution is 2.32. The number of nitrogens with one attached hydrogen (secondary N) is 1. The van der Waals surface area contributed by atoms with Crippen molar-refractivity contribution in [2.24, 2.45) is 0 Å². The number of benzene rings is 1. The fraction of sp³-hybridized carbons (Fsp3) is 0.333. The molecule has 0 aromatic heterocycles. The molecule has 0 saturated heterocycles. The highest BCUT2D eigenvalue weighted by Gasteiger charge is 2.39. The van der Waals surface area contributed by atoms with Gasteiger partial charge in [-0.3, -0.25) is 0 Å². The van der Waals surface area contributed by atoms with Crippen LogP contribution in [0.15, 0.2) is 24.3 Å². The quantitative estimate of drug-likeness (QED) is 0.724. The summed E-state index contributed by atoms with van der Waals surface area (Å²) < 4.78 is 37.2. The molecule has 0 aliphatic carbocycles. The van der Waals surface area contributed by atoms with Crippen molar-refractivity contribution in [2.75, 3.05) is 12.8 Å². The van der Waals surface area contributed by atoms with E-state index in [0.717, 1.165) is 0 Å². The van der Waals surface area contributed by atoms with Gasteiger partial charge in [-0.2, -0.15) is 13.2 Å². The van der Waals surface area contributed by atoms with Crippen LogP contribution in [0, 0.1) is 0 Å². The van der Waals surface area contributed by atoms with Crippen LogP contribution in [0.1, 0.15) is 11.6 Å². The first kappa shape index (κ1) is 10.8. The Labute approximate surface area is 79.9 Å². The topological polar surface area (TPSA) is 38.0 Å². The fourth-order valence-electron chi connectivity index (χ4n) is 1.21. The molecule has 0 aliphatic rings. The molecule has 0 heterocycles. The molecule has 0 saturated carbocycles. The van der Waals surface area contributed by atoms with Gasteiger partial charge in [0.05, 0.1) is 0 Å². The molecule has 1 atom stereocenters. The Hall–Kier alpha value is -1.23. The van der Waals surface area contributed by atoms with Crippen LogP contribution in [0.25, 0.3) is 0 Å². The molecule has 1 rings (SSSR count). The first-order valence-corrected chi connectivity index (χ1v) is 4.04. The van der Waals surface area contributed by atoms with Crippen LogP contribution in [0.5, 0.6) is 0 Å². The summed E-state index contributed by atoms with van der Waals surface area (Å²) in [6.45, 7) is 0. The van der Waals surface area contributed by atoms with Gasteiger partial charge in [0.2, 0.25) is 0 Å². The van der Waals surface area contributed by atoms with E-state index in [1.165, 1.54) is 31.3 Å². The maximum absolute atomic E-state index is 12.4. The molecule has 0 radical (unpaired) electrons. The zero-order valence-corrected chi connectivity index (χ0v) is 7.60. The van der Waals surface area contributed by atoms with Crippen LogP contribution in [0.4, 0.5) is 18.9 Å². The van der Waals surface area contributed by atoms with Gasteiger partial charge >= 0.3 is 6.18 Å². The Kier molecular flexibility index (Phi) is 3.00. The van der Waals surface area contributed by atoms with Gasteiger partial charge < -0.3 is 11.1 Å². The number of nitrogen functional groups attached to an aromatic ring is 1. The predicted molar refractivity (Wildman–Crippen MR) is 48.7 cm³/mol. The molecule has 0 aliphatic heterocycles. The number of hydrogen-bond donors (Lipinski definition) is 2. The molecule has 5 heteroatoms. The highest BCUT2D eigenvalue weighted by atomic mass is 19.4. The summed E-state index contributed by atoms with van der Waals surface area (Å²) in [6.07, 6.45) is -4.29. The Morgan fingerprint density at radius 1 is 1.21 bits per heavy atom. The molecular formula is C9H11F3N2. The Bertz CT molecular complexity index is 292. The minimum absolute atomic E-state index is 0.161. The van der Waals surface area contributed by atoms with E-state index in [-0.39, 0.29) is 5.56 Å². The number of alkyl halides is 3. The first-order valence-electron chi connectivity index (χ1n) is 4.04. The number of nitrogens with two attached hydrogens (primary N) is 1. The largest absolute Gasteiger partial charge is 0.407 e. The number of anilines is 1. The average Bonchev–Trinajstić information content (AvgIpc) is 2.07. The summed E-state index contributed by atoms with van der Waals surface area (Å²) in [6, 6.07) is 3.99. The maximum Gasteiger partial charge on any atom is 0.407 e. The molecule has 1 aromatic carbocycles. The second-order valence-electron chi connectivity index (χ2n) is 2.93. The molecule has 3 N–H and O–H groups in total. The lowest BCUT2D eigenvalue weighted by molar-refractivity contribution is -0.156. The van der Waals surface area contributed by atoms with Crippen LogP contribution in [-0.4, -0.2) is 13.2 Å². The molecule has 0 fully saturated rings. The second kappa shape index (κ2) is 3.88. The zero-order valence-electron chi connectivity index (χ0n) is 7.60. The summed E-state index contributed by atoms with van der Waals surface area (Å²) in [4.78, 5) is 0. The lowest BCUT2D eigenvalue weighted by atomic mass is 10.1. The Balaban J connectivity index is 2.96. The van der Waals surface area contributed by atoms with Gasteiger partial charge in [-0.15, -0.1) is 0 Å². The van der Waals surface area contributed by atoms with Gasteiger partial charge in [-0.05, 0) is 24.7 Å². The third-order valence-corrected chi connectivity index (χ3v) is 1.89. The summed E-state index contributed by atoms with van der Waals surface area (Å²) in [5.41, 5.74) is 5.99. The number of halogens is 3. The van der Waals surface area contributed by atoms with Crippen molar-refractivity contribution in [1.82, 2.24) is 5.32 Å². The summed E-state index contributed by atoms with van der Waals surface area (Å²) in [5, 5.41) is 2.21. The van der Waals surface area contributed by atoms with E-state index in [1.54, 1.807) is 0 Å². The van der Waals surface area contributed by atoms with Gasteiger partial charge in [0.25, 0.3) is 0 Å². The van der Waals surface area contributed by atoms with E-state index in [0.29, 0.717) is 5.69 Å². The van der Waals surface area contributed by atoms with E-state index in [9.17, 15) is 13.2 Å². The van der Waals surface area contributed by atoms with Crippen molar-refractivity contribution >= 4 is 5.69 Å². The molecule has 2 nitrogen and oxygen atoms in total. The average molecular weight is 204 g/mol. The van der Waals surface area contributed by atoms with Crippen molar-refractivity contribution in [3.8, 4) is 0 Å². The van der Waals surface area contributed by atoms with Gasteiger partial charge in [0.1, 0.15) is 6.04 Å². The predicted octanol–water partition coefficient (Wildman–Crippen LogP) is 2.09. The first-order chi connectivity index (χ1) is 6.45. The molecular weight excluding hydrogens is 193 g/mol. The molecule has 78 valence electrons. The summed E-state index contributed by atoms with van der Waals surface area (Å²) >= 11 is 0. The van der Waals surface area contributed by atoms with Gasteiger partial charge in [-0.1, -0.05) is 12.1 Å². The lowest BCUT2D eigenvalue weighted by Crippen LogP contribution is -2.31. The highest BCUT2D eigenvalue weighted by molar-refractivity contribution is 5.40. The molecule has 0 spiro atoms. The normalized spacial score (nSPS) is 14.0. The number of rotatable bonds is 2. The third-order valence-electron chi connectivity index (χ3n) is 1.89. The Morgan fingerprint density at radius 2 is 1.71 bits per heavy atom. The van der Waals surface area contributed by atoms with Crippen molar-refractivity contribution in [3.05, 3.63) is 29.8 Å². The van der Waals surface area contributed by atoms with Crippen molar-refractivity contribution in [1.29, 1.82) is 0 Å². The molecule has 14 heavy (non-hydrogen) atoms. The van der Waals surface area contributed by atoms with Crippen LogP contribution in [0.3, 0.4) is 0 Å². The van der Waals surface area contributed by atoms with Crippen LogP contribution < -0.4 is 11.1 Å². The maximum atomic E-state index is 12.4. The molecule has 0 amide bonds. The van der Waals surface area contributed by atoms with Crippen molar-refractivity contribution in [3.63, 3.8) is 0 Å². The molecule has 1 unspecified atom stereocenters. The van der Waals surface area contributed by atoms with Crippen molar-refractivity contribution < 1.29 is 13.2 Å². The third kappa shape index (κ3) is 2.38. The van der Waals surface area contributed by atoms with Crippen LogP contribution >= 0.6 is 0 Å². The zero-order chi connectivity index (χ0) is 10.8. The fourth-order valence-corrected chi connectivity index (χ4v) is 1.21. The van der Waals surface area contributed by atoms with Gasteiger partial charge in [0, 0.05) is 5.69 Å². The van der Waals surface area contributed by atoms with E-state index >= 15 is 0 Å². The smallest absolute Gasteiger partial charge is 0.399 e. The number of hydrogen-bond acceptors (Lipinski definition) is 2. The van der Waals surface area contributed by atoms with E-state index in [1.807, 2.05) is 0 Å². The molecule has 0 bridgehead atoms. The monoisotopic (exact) mass is 204 g/mol. The minimum atomic E-state index is -4.29. The van der Waals surface area contributed by atoms with Crippen LogP contribution in [-0.2, 0) is 0 Å². The van der Waals surface area contributed by atoms with E-state index in [2.05, 4.69) is 5.32 Å².